The highest BCUT2D eigenvalue weighted by atomic mass is 15.3. The van der Waals surface area contributed by atoms with Crippen molar-refractivity contribution in [1.29, 1.82) is 0 Å². The Morgan fingerprint density at radius 3 is 2.81 bits per heavy atom. The Balaban J connectivity index is 1.47. The summed E-state index contributed by atoms with van der Waals surface area (Å²) in [7, 11) is 0. The lowest BCUT2D eigenvalue weighted by Crippen LogP contribution is -2.46. The summed E-state index contributed by atoms with van der Waals surface area (Å²) in [5, 5.41) is 4.43. The van der Waals surface area contributed by atoms with Crippen LogP contribution >= 0.6 is 0 Å². The molecule has 5 heteroatoms. The lowest BCUT2D eigenvalue weighted by molar-refractivity contribution is 0.151. The number of aromatic nitrogens is 2. The van der Waals surface area contributed by atoms with Crippen LogP contribution in [0.25, 0.3) is 0 Å². The average molecular weight is 291 g/mol. The molecule has 0 saturated carbocycles. The molecule has 1 aromatic rings. The fraction of sp³-hybridized carbons (Fsp3) is 0.812. The number of hydrogen-bond donors (Lipinski definition) is 1. The zero-order valence-corrected chi connectivity index (χ0v) is 13.2. The van der Waals surface area contributed by atoms with Crippen molar-refractivity contribution in [3.63, 3.8) is 0 Å². The molecule has 0 bridgehead atoms. The van der Waals surface area contributed by atoms with Crippen molar-refractivity contribution in [2.75, 3.05) is 26.2 Å². The van der Waals surface area contributed by atoms with E-state index in [4.69, 9.17) is 5.73 Å². The number of likely N-dealkylation sites (tertiary alicyclic amines) is 2. The van der Waals surface area contributed by atoms with E-state index in [9.17, 15) is 0 Å². The van der Waals surface area contributed by atoms with E-state index < -0.39 is 0 Å². The van der Waals surface area contributed by atoms with Crippen LogP contribution in [0, 0.1) is 0 Å². The van der Waals surface area contributed by atoms with Crippen LogP contribution in [0.5, 0.6) is 0 Å². The Hall–Kier alpha value is -0.910. The lowest BCUT2D eigenvalue weighted by Gasteiger charge is -2.34. The fourth-order valence-electron chi connectivity index (χ4n) is 3.64. The second-order valence-corrected chi connectivity index (χ2v) is 6.66. The van der Waals surface area contributed by atoms with Gasteiger partial charge in [-0.3, -0.25) is 14.5 Å². The average Bonchev–Trinajstić information content (AvgIpc) is 3.11. The van der Waals surface area contributed by atoms with E-state index >= 15 is 0 Å². The van der Waals surface area contributed by atoms with Gasteiger partial charge < -0.3 is 5.73 Å². The maximum absolute atomic E-state index is 6.01. The predicted octanol–water partition coefficient (Wildman–Crippen LogP) is 1.29. The van der Waals surface area contributed by atoms with Gasteiger partial charge in [0.05, 0.1) is 6.20 Å². The summed E-state index contributed by atoms with van der Waals surface area (Å²) in [4.78, 5) is 5.23. The van der Waals surface area contributed by atoms with Gasteiger partial charge in [-0.2, -0.15) is 5.10 Å². The van der Waals surface area contributed by atoms with E-state index in [2.05, 4.69) is 32.7 Å². The summed E-state index contributed by atoms with van der Waals surface area (Å²) in [5.41, 5.74) is 7.36. The van der Waals surface area contributed by atoms with Crippen molar-refractivity contribution >= 4 is 0 Å². The molecule has 1 unspecified atom stereocenters. The van der Waals surface area contributed by atoms with Crippen molar-refractivity contribution in [3.8, 4) is 0 Å². The van der Waals surface area contributed by atoms with E-state index in [0.717, 1.165) is 25.6 Å². The summed E-state index contributed by atoms with van der Waals surface area (Å²) >= 11 is 0. The smallest absolute Gasteiger partial charge is 0.0534 e. The van der Waals surface area contributed by atoms with Gasteiger partial charge in [0, 0.05) is 50.0 Å². The number of piperidine rings is 1. The Morgan fingerprint density at radius 2 is 2.05 bits per heavy atom. The topological polar surface area (TPSA) is 50.3 Å². The fourth-order valence-corrected chi connectivity index (χ4v) is 3.64. The first-order valence-corrected chi connectivity index (χ1v) is 8.48. The molecule has 2 fully saturated rings. The van der Waals surface area contributed by atoms with Crippen LogP contribution in [0.3, 0.4) is 0 Å². The Bertz CT molecular complexity index is 436. The third-order valence-electron chi connectivity index (χ3n) is 4.88. The molecular formula is C16H29N5. The molecule has 3 heterocycles. The molecule has 2 N–H and O–H groups in total. The van der Waals surface area contributed by atoms with Gasteiger partial charge in [0.2, 0.25) is 0 Å². The summed E-state index contributed by atoms with van der Waals surface area (Å²) in [6.45, 7) is 9.06. The van der Waals surface area contributed by atoms with E-state index in [-0.39, 0.29) is 0 Å². The highest BCUT2D eigenvalue weighted by Crippen LogP contribution is 2.21. The number of aryl methyl sites for hydroxylation is 1. The molecular weight excluding hydrogens is 262 g/mol. The molecule has 1 atom stereocenters. The second-order valence-electron chi connectivity index (χ2n) is 6.66. The largest absolute Gasteiger partial charge is 0.328 e. The zero-order chi connectivity index (χ0) is 14.7. The van der Waals surface area contributed by atoms with Crippen LogP contribution in [-0.4, -0.2) is 57.8 Å². The number of rotatable bonds is 5. The first-order chi connectivity index (χ1) is 10.2. The van der Waals surface area contributed by atoms with E-state index in [1.807, 2.05) is 6.20 Å². The molecule has 0 aromatic carbocycles. The minimum Gasteiger partial charge on any atom is -0.328 e. The Morgan fingerprint density at radius 1 is 1.24 bits per heavy atom. The van der Waals surface area contributed by atoms with Crippen LogP contribution in [0.1, 0.15) is 38.2 Å². The molecule has 0 spiro atoms. The van der Waals surface area contributed by atoms with Gasteiger partial charge in [0.15, 0.2) is 0 Å². The molecule has 0 amide bonds. The van der Waals surface area contributed by atoms with Gasteiger partial charge in [0.25, 0.3) is 0 Å². The van der Waals surface area contributed by atoms with Crippen LogP contribution in [0.2, 0.25) is 0 Å². The van der Waals surface area contributed by atoms with Gasteiger partial charge in [-0.1, -0.05) is 6.92 Å². The molecule has 0 aliphatic carbocycles. The summed E-state index contributed by atoms with van der Waals surface area (Å²) < 4.78 is 2.06. The first-order valence-electron chi connectivity index (χ1n) is 8.48. The molecule has 2 aliphatic heterocycles. The monoisotopic (exact) mass is 291 g/mol. The minimum atomic E-state index is 0.433. The van der Waals surface area contributed by atoms with Crippen molar-refractivity contribution in [2.24, 2.45) is 5.73 Å². The number of nitrogens with zero attached hydrogens (tertiary/aromatic N) is 4. The maximum atomic E-state index is 6.01. The second kappa shape index (κ2) is 6.90. The van der Waals surface area contributed by atoms with Crippen LogP contribution < -0.4 is 5.73 Å². The van der Waals surface area contributed by atoms with Gasteiger partial charge in [0.1, 0.15) is 0 Å². The quantitative estimate of drug-likeness (QED) is 0.888. The van der Waals surface area contributed by atoms with E-state index in [1.54, 1.807) is 0 Å². The summed E-state index contributed by atoms with van der Waals surface area (Å²) in [5.74, 6) is 0. The molecule has 5 nitrogen and oxygen atoms in total. The third kappa shape index (κ3) is 3.84. The Labute approximate surface area is 128 Å². The minimum absolute atomic E-state index is 0.433. The summed E-state index contributed by atoms with van der Waals surface area (Å²) in [6, 6.07) is 1.17. The highest BCUT2D eigenvalue weighted by Gasteiger charge is 2.29. The van der Waals surface area contributed by atoms with Crippen LogP contribution in [-0.2, 0) is 13.1 Å². The first kappa shape index (κ1) is 15.0. The SMILES string of the molecule is CCCn1cc(CN2CCC(N3CCC(N)CC3)C2)cn1. The predicted molar refractivity (Wildman–Crippen MR) is 85.0 cm³/mol. The normalized spacial score (nSPS) is 25.7. The molecule has 1 aromatic heterocycles. The van der Waals surface area contributed by atoms with Crippen molar-refractivity contribution in [1.82, 2.24) is 19.6 Å². The van der Waals surface area contributed by atoms with Crippen molar-refractivity contribution < 1.29 is 0 Å². The highest BCUT2D eigenvalue weighted by molar-refractivity contribution is 5.04. The van der Waals surface area contributed by atoms with Crippen LogP contribution in [0.4, 0.5) is 0 Å². The molecule has 2 saturated heterocycles. The van der Waals surface area contributed by atoms with Crippen molar-refractivity contribution in [2.45, 2.75) is 57.8 Å². The molecule has 118 valence electrons. The molecule has 3 rings (SSSR count). The maximum Gasteiger partial charge on any atom is 0.0534 e. The Kier molecular flexibility index (Phi) is 4.93. The zero-order valence-electron chi connectivity index (χ0n) is 13.2. The van der Waals surface area contributed by atoms with E-state index in [0.29, 0.717) is 6.04 Å². The van der Waals surface area contributed by atoms with Crippen LogP contribution in [0.15, 0.2) is 12.4 Å². The number of hydrogen-bond acceptors (Lipinski definition) is 4. The molecule has 2 aliphatic rings. The van der Waals surface area contributed by atoms with Gasteiger partial charge >= 0.3 is 0 Å². The molecule has 21 heavy (non-hydrogen) atoms. The summed E-state index contributed by atoms with van der Waals surface area (Å²) in [6.07, 6.45) is 9.02. The third-order valence-corrected chi connectivity index (χ3v) is 4.88. The van der Waals surface area contributed by atoms with Gasteiger partial charge in [-0.15, -0.1) is 0 Å². The molecule has 0 radical (unpaired) electrons. The number of nitrogens with two attached hydrogens (primary N) is 1. The standard InChI is InChI=1S/C16H29N5/c1-2-6-21-12-14(10-18-21)11-19-7-5-16(13-19)20-8-3-15(17)4-9-20/h10,12,15-16H,2-9,11,13,17H2,1H3. The van der Waals surface area contributed by atoms with E-state index in [1.165, 1.54) is 51.0 Å². The lowest BCUT2D eigenvalue weighted by atomic mass is 10.0. The van der Waals surface area contributed by atoms with Gasteiger partial charge in [-0.25, -0.2) is 0 Å². The van der Waals surface area contributed by atoms with Gasteiger partial charge in [-0.05, 0) is 38.8 Å². The van der Waals surface area contributed by atoms with Crippen molar-refractivity contribution in [3.05, 3.63) is 18.0 Å².